The fourth-order valence-corrected chi connectivity index (χ4v) is 2.89. The molecule has 0 aliphatic heterocycles. The summed E-state index contributed by atoms with van der Waals surface area (Å²) in [5.41, 5.74) is 4.52. The molecule has 0 heterocycles. The number of nitrogens with one attached hydrogen (secondary N) is 1. The van der Waals surface area contributed by atoms with Crippen LogP contribution in [0.1, 0.15) is 16.7 Å². The number of likely N-dealkylation sites (N-methyl/N-ethyl adjacent to an activating group) is 1. The molecular weight excluding hydrogens is 304 g/mol. The molecule has 2 aromatic carbocycles. The summed E-state index contributed by atoms with van der Waals surface area (Å²) in [5, 5.41) is 3.27. The molecule has 0 atom stereocenters. The number of benzene rings is 2. The Morgan fingerprint density at radius 2 is 1.70 bits per heavy atom. The van der Waals surface area contributed by atoms with E-state index in [2.05, 4.69) is 61.8 Å². The van der Waals surface area contributed by atoms with Crippen LogP contribution < -0.4 is 5.32 Å². The smallest absolute Gasteiger partial charge is 0.241 e. The molecule has 1 amide bonds. The lowest BCUT2D eigenvalue weighted by atomic mass is 10.1. The van der Waals surface area contributed by atoms with Crippen LogP contribution in [-0.2, 0) is 11.3 Å². The maximum Gasteiger partial charge on any atom is 0.241 e. The maximum absolute atomic E-state index is 12.3. The van der Waals surface area contributed by atoms with Gasteiger partial charge in [-0.05, 0) is 48.9 Å². The Kier molecular flexibility index (Phi) is 6.11. The third-order valence-electron chi connectivity index (χ3n) is 3.90. The van der Waals surface area contributed by atoms with Gasteiger partial charge in [0.2, 0.25) is 5.91 Å². The minimum Gasteiger partial charge on any atom is -0.376 e. The molecule has 0 spiro atoms. The summed E-state index contributed by atoms with van der Waals surface area (Å²) in [4.78, 5) is 15.3. The second kappa shape index (κ2) is 8.06. The van der Waals surface area contributed by atoms with E-state index < -0.39 is 0 Å². The molecule has 3 nitrogen and oxygen atoms in total. The first-order valence-electron chi connectivity index (χ1n) is 7.68. The Labute approximate surface area is 143 Å². The van der Waals surface area contributed by atoms with E-state index in [9.17, 15) is 4.79 Å². The first-order chi connectivity index (χ1) is 11.0. The van der Waals surface area contributed by atoms with E-state index in [1.807, 2.05) is 13.1 Å². The second-order valence-electron chi connectivity index (χ2n) is 5.72. The lowest BCUT2D eigenvalue weighted by Gasteiger charge is -2.19. The van der Waals surface area contributed by atoms with Gasteiger partial charge in [-0.3, -0.25) is 4.79 Å². The number of hydrogen-bond acceptors (Lipinski definition) is 3. The van der Waals surface area contributed by atoms with E-state index in [1.54, 1.807) is 16.7 Å². The van der Waals surface area contributed by atoms with Crippen molar-refractivity contribution < 1.29 is 4.79 Å². The first kappa shape index (κ1) is 17.4. The number of aryl methyl sites for hydroxylation is 2. The summed E-state index contributed by atoms with van der Waals surface area (Å²) in [6, 6.07) is 14.5. The summed E-state index contributed by atoms with van der Waals surface area (Å²) in [5.74, 6) is 0.0848. The van der Waals surface area contributed by atoms with Crippen LogP contribution in [0.15, 0.2) is 47.4 Å². The molecule has 0 aliphatic rings. The Balaban J connectivity index is 1.92. The van der Waals surface area contributed by atoms with E-state index >= 15 is 0 Å². The normalized spacial score (nSPS) is 10.4. The van der Waals surface area contributed by atoms with E-state index in [0.717, 1.165) is 22.4 Å². The number of anilines is 1. The highest BCUT2D eigenvalue weighted by atomic mass is 32.2. The summed E-state index contributed by atoms with van der Waals surface area (Å²) >= 11 is 1.72. The fraction of sp³-hybridized carbons (Fsp3) is 0.316. The molecule has 4 heteroatoms. The van der Waals surface area contributed by atoms with Crippen molar-refractivity contribution in [2.45, 2.75) is 25.3 Å². The van der Waals surface area contributed by atoms with E-state index in [-0.39, 0.29) is 5.91 Å². The number of carbonyl (C=O) groups is 1. The molecule has 0 radical (unpaired) electrons. The highest BCUT2D eigenvalue weighted by Crippen LogP contribution is 2.19. The van der Waals surface area contributed by atoms with Crippen LogP contribution in [0.5, 0.6) is 0 Å². The number of rotatable bonds is 6. The van der Waals surface area contributed by atoms with Crippen LogP contribution in [0.3, 0.4) is 0 Å². The molecule has 1 N–H and O–H groups in total. The van der Waals surface area contributed by atoms with Gasteiger partial charge in [0, 0.05) is 24.2 Å². The van der Waals surface area contributed by atoms with Gasteiger partial charge >= 0.3 is 0 Å². The molecule has 0 fully saturated rings. The Morgan fingerprint density at radius 1 is 1.09 bits per heavy atom. The molecule has 23 heavy (non-hydrogen) atoms. The predicted molar refractivity (Wildman–Crippen MR) is 99.1 cm³/mol. The zero-order valence-corrected chi connectivity index (χ0v) is 15.0. The summed E-state index contributed by atoms with van der Waals surface area (Å²) in [7, 11) is 1.84. The lowest BCUT2D eigenvalue weighted by molar-refractivity contribution is -0.128. The van der Waals surface area contributed by atoms with Crippen LogP contribution in [0.4, 0.5) is 5.69 Å². The standard InChI is InChI=1S/C19H24N2OS/c1-14-6-5-7-15(2)19(14)20-12-18(22)21(3)13-16-8-10-17(23-4)11-9-16/h5-11,20H,12-13H2,1-4H3. The van der Waals surface area contributed by atoms with Gasteiger partial charge in [0.05, 0.1) is 6.54 Å². The maximum atomic E-state index is 12.3. The SMILES string of the molecule is CSc1ccc(CN(C)C(=O)CNc2c(C)cccc2C)cc1. The molecule has 0 bridgehead atoms. The van der Waals surface area contributed by atoms with Crippen molar-refractivity contribution in [3.63, 3.8) is 0 Å². The first-order valence-corrected chi connectivity index (χ1v) is 8.90. The molecule has 0 saturated heterocycles. The number of nitrogens with zero attached hydrogens (tertiary/aromatic N) is 1. The average molecular weight is 328 g/mol. The summed E-state index contributed by atoms with van der Waals surface area (Å²) in [6.45, 7) is 5.04. The third-order valence-corrected chi connectivity index (χ3v) is 4.65. The van der Waals surface area contributed by atoms with Gasteiger partial charge in [-0.25, -0.2) is 0 Å². The zero-order chi connectivity index (χ0) is 16.8. The zero-order valence-electron chi connectivity index (χ0n) is 14.2. The molecular formula is C19H24N2OS. The van der Waals surface area contributed by atoms with Crippen LogP contribution in [-0.4, -0.2) is 30.7 Å². The van der Waals surface area contributed by atoms with Crippen LogP contribution in [0, 0.1) is 13.8 Å². The van der Waals surface area contributed by atoms with Gasteiger partial charge in [0.15, 0.2) is 0 Å². The van der Waals surface area contributed by atoms with Gasteiger partial charge in [-0.2, -0.15) is 0 Å². The lowest BCUT2D eigenvalue weighted by Crippen LogP contribution is -2.32. The molecule has 0 aromatic heterocycles. The molecule has 2 aromatic rings. The van der Waals surface area contributed by atoms with E-state index in [4.69, 9.17) is 0 Å². The molecule has 0 unspecified atom stereocenters. The minimum absolute atomic E-state index is 0.0848. The van der Waals surface area contributed by atoms with Crippen molar-refractivity contribution >= 4 is 23.4 Å². The van der Waals surface area contributed by atoms with Crippen molar-refractivity contribution in [2.75, 3.05) is 25.2 Å². The number of carbonyl (C=O) groups excluding carboxylic acids is 1. The Morgan fingerprint density at radius 3 is 2.26 bits per heavy atom. The third kappa shape index (κ3) is 4.76. The van der Waals surface area contributed by atoms with Gasteiger partial charge in [-0.1, -0.05) is 30.3 Å². The number of amides is 1. The highest BCUT2D eigenvalue weighted by Gasteiger charge is 2.10. The van der Waals surface area contributed by atoms with Crippen LogP contribution in [0.2, 0.25) is 0 Å². The Bertz CT molecular complexity index is 647. The highest BCUT2D eigenvalue weighted by molar-refractivity contribution is 7.98. The van der Waals surface area contributed by atoms with Gasteiger partial charge in [-0.15, -0.1) is 11.8 Å². The van der Waals surface area contributed by atoms with Crippen LogP contribution >= 0.6 is 11.8 Å². The topological polar surface area (TPSA) is 32.3 Å². The van der Waals surface area contributed by atoms with E-state index in [1.165, 1.54) is 4.90 Å². The van der Waals surface area contributed by atoms with Crippen molar-refractivity contribution in [2.24, 2.45) is 0 Å². The molecule has 0 aliphatic carbocycles. The molecule has 122 valence electrons. The fourth-order valence-electron chi connectivity index (χ4n) is 2.49. The molecule has 2 rings (SSSR count). The predicted octanol–water partition coefficient (Wildman–Crippen LogP) is 4.10. The van der Waals surface area contributed by atoms with Gasteiger partial charge < -0.3 is 10.2 Å². The Hall–Kier alpha value is -1.94. The van der Waals surface area contributed by atoms with Crippen molar-refractivity contribution in [1.29, 1.82) is 0 Å². The van der Waals surface area contributed by atoms with E-state index in [0.29, 0.717) is 13.1 Å². The van der Waals surface area contributed by atoms with Gasteiger partial charge in [0.1, 0.15) is 0 Å². The largest absolute Gasteiger partial charge is 0.376 e. The van der Waals surface area contributed by atoms with Gasteiger partial charge in [0.25, 0.3) is 0 Å². The number of hydrogen-bond donors (Lipinski definition) is 1. The minimum atomic E-state index is 0.0848. The average Bonchev–Trinajstić information content (AvgIpc) is 2.54. The summed E-state index contributed by atoms with van der Waals surface area (Å²) in [6.07, 6.45) is 2.06. The van der Waals surface area contributed by atoms with Crippen molar-refractivity contribution in [3.05, 3.63) is 59.2 Å². The van der Waals surface area contributed by atoms with Crippen molar-refractivity contribution in [1.82, 2.24) is 4.90 Å². The second-order valence-corrected chi connectivity index (χ2v) is 6.60. The number of thioether (sulfide) groups is 1. The monoisotopic (exact) mass is 328 g/mol. The number of para-hydroxylation sites is 1. The quantitative estimate of drug-likeness (QED) is 0.811. The van der Waals surface area contributed by atoms with Crippen LogP contribution in [0.25, 0.3) is 0 Å². The summed E-state index contributed by atoms with van der Waals surface area (Å²) < 4.78 is 0. The van der Waals surface area contributed by atoms with Crippen molar-refractivity contribution in [3.8, 4) is 0 Å². The molecule has 0 saturated carbocycles.